The zero-order valence-corrected chi connectivity index (χ0v) is 15.4. The van der Waals surface area contributed by atoms with Crippen LogP contribution in [0.5, 0.6) is 0 Å². The summed E-state index contributed by atoms with van der Waals surface area (Å²) in [5.74, 6) is -0.446. The largest absolute Gasteiger partial charge is 0.352 e. The topological polar surface area (TPSA) is 80.1 Å². The molecule has 3 aromatic rings. The van der Waals surface area contributed by atoms with Crippen LogP contribution in [-0.4, -0.2) is 37.8 Å². The number of rotatable bonds is 6. The fraction of sp³-hybridized carbons (Fsp3) is 0.238. The van der Waals surface area contributed by atoms with E-state index in [1.165, 1.54) is 0 Å². The van der Waals surface area contributed by atoms with E-state index in [4.69, 9.17) is 0 Å². The molecular weight excluding hydrogens is 354 g/mol. The minimum atomic E-state index is -0.336. The number of nitrogens with zero attached hydrogens (tertiary/aromatic N) is 4. The van der Waals surface area contributed by atoms with Crippen LogP contribution in [-0.2, 0) is 22.7 Å². The number of hydrogen-bond donors (Lipinski definition) is 1. The van der Waals surface area contributed by atoms with E-state index >= 15 is 0 Å². The van der Waals surface area contributed by atoms with Gasteiger partial charge in [0.1, 0.15) is 0 Å². The number of nitrogens with one attached hydrogen (secondary N) is 1. The Labute approximate surface area is 163 Å². The number of carbonyl (C=O) groups is 2. The number of para-hydroxylation sites is 1. The maximum absolute atomic E-state index is 12.6. The van der Waals surface area contributed by atoms with Gasteiger partial charge >= 0.3 is 0 Å². The molecule has 0 aliphatic carbocycles. The van der Waals surface area contributed by atoms with Crippen LogP contribution in [0.2, 0.25) is 0 Å². The van der Waals surface area contributed by atoms with Crippen LogP contribution in [0.25, 0.3) is 5.69 Å². The van der Waals surface area contributed by atoms with Crippen molar-refractivity contribution in [2.45, 2.75) is 19.5 Å². The summed E-state index contributed by atoms with van der Waals surface area (Å²) < 4.78 is 1.91. The normalized spacial score (nSPS) is 16.4. The zero-order chi connectivity index (χ0) is 19.3. The van der Waals surface area contributed by atoms with Gasteiger partial charge in [0.2, 0.25) is 11.8 Å². The summed E-state index contributed by atoms with van der Waals surface area (Å²) in [6.07, 6.45) is 7.26. The SMILES string of the molecule is O=C(NCc1ccccc1-n1ccnc1)C1CC(=O)N(Cc2ccccn2)C1. The van der Waals surface area contributed by atoms with Gasteiger partial charge in [-0.2, -0.15) is 0 Å². The fourth-order valence-corrected chi connectivity index (χ4v) is 3.43. The Balaban J connectivity index is 1.37. The Hall–Kier alpha value is -3.48. The smallest absolute Gasteiger partial charge is 0.225 e. The van der Waals surface area contributed by atoms with E-state index < -0.39 is 0 Å². The molecule has 3 heterocycles. The highest BCUT2D eigenvalue weighted by Gasteiger charge is 2.34. The summed E-state index contributed by atoms with van der Waals surface area (Å²) in [6, 6.07) is 13.5. The van der Waals surface area contributed by atoms with Crippen molar-refractivity contribution in [1.82, 2.24) is 24.8 Å². The molecule has 7 nitrogen and oxygen atoms in total. The van der Waals surface area contributed by atoms with Gasteiger partial charge in [-0.1, -0.05) is 24.3 Å². The fourth-order valence-electron chi connectivity index (χ4n) is 3.43. The highest BCUT2D eigenvalue weighted by molar-refractivity contribution is 5.89. The highest BCUT2D eigenvalue weighted by atomic mass is 16.2. The third kappa shape index (κ3) is 3.93. The van der Waals surface area contributed by atoms with E-state index in [0.29, 0.717) is 19.6 Å². The third-order valence-corrected chi connectivity index (χ3v) is 4.89. The Morgan fingerprint density at radius 2 is 2.00 bits per heavy atom. The van der Waals surface area contributed by atoms with Gasteiger partial charge in [-0.15, -0.1) is 0 Å². The molecule has 2 aromatic heterocycles. The summed E-state index contributed by atoms with van der Waals surface area (Å²) in [5, 5.41) is 2.98. The van der Waals surface area contributed by atoms with Crippen molar-refractivity contribution in [3.8, 4) is 5.69 Å². The van der Waals surface area contributed by atoms with Crippen LogP contribution >= 0.6 is 0 Å². The van der Waals surface area contributed by atoms with Crippen LogP contribution < -0.4 is 5.32 Å². The maximum Gasteiger partial charge on any atom is 0.225 e. The van der Waals surface area contributed by atoms with E-state index in [9.17, 15) is 9.59 Å². The van der Waals surface area contributed by atoms with Crippen LogP contribution in [0.3, 0.4) is 0 Å². The second-order valence-corrected chi connectivity index (χ2v) is 6.81. The number of imidazole rings is 1. The van der Waals surface area contributed by atoms with Crippen LogP contribution in [0.4, 0.5) is 0 Å². The van der Waals surface area contributed by atoms with Crippen molar-refractivity contribution in [2.24, 2.45) is 5.92 Å². The molecule has 0 radical (unpaired) electrons. The van der Waals surface area contributed by atoms with Gasteiger partial charge < -0.3 is 14.8 Å². The van der Waals surface area contributed by atoms with Gasteiger partial charge in [0, 0.05) is 38.1 Å². The Morgan fingerprint density at radius 3 is 2.79 bits per heavy atom. The van der Waals surface area contributed by atoms with Crippen molar-refractivity contribution < 1.29 is 9.59 Å². The Kier molecular flexibility index (Phi) is 5.14. The highest BCUT2D eigenvalue weighted by Crippen LogP contribution is 2.20. The van der Waals surface area contributed by atoms with E-state index in [-0.39, 0.29) is 24.2 Å². The first-order valence-electron chi connectivity index (χ1n) is 9.22. The minimum absolute atomic E-state index is 0.00961. The number of pyridine rings is 1. The second kappa shape index (κ2) is 8.04. The predicted octanol–water partition coefficient (Wildman–Crippen LogP) is 1.93. The molecule has 0 saturated carbocycles. The van der Waals surface area contributed by atoms with Crippen LogP contribution in [0.1, 0.15) is 17.7 Å². The number of carbonyl (C=O) groups excluding carboxylic acids is 2. The maximum atomic E-state index is 12.6. The zero-order valence-electron chi connectivity index (χ0n) is 15.4. The number of hydrogen-bond acceptors (Lipinski definition) is 4. The van der Waals surface area contributed by atoms with Gasteiger partial charge in [-0.05, 0) is 23.8 Å². The lowest BCUT2D eigenvalue weighted by molar-refractivity contribution is -0.129. The molecule has 142 valence electrons. The van der Waals surface area contributed by atoms with Gasteiger partial charge in [0.15, 0.2) is 0 Å². The Morgan fingerprint density at radius 1 is 1.14 bits per heavy atom. The molecule has 2 amide bonds. The van der Waals surface area contributed by atoms with Crippen molar-refractivity contribution >= 4 is 11.8 Å². The van der Waals surface area contributed by atoms with Gasteiger partial charge in [-0.3, -0.25) is 14.6 Å². The number of likely N-dealkylation sites (tertiary alicyclic amines) is 1. The van der Waals surface area contributed by atoms with Gasteiger partial charge in [-0.25, -0.2) is 4.98 Å². The molecule has 1 aromatic carbocycles. The molecule has 1 fully saturated rings. The lowest BCUT2D eigenvalue weighted by Crippen LogP contribution is -2.32. The molecule has 1 saturated heterocycles. The molecule has 1 aliphatic heterocycles. The second-order valence-electron chi connectivity index (χ2n) is 6.81. The average Bonchev–Trinajstić information content (AvgIpc) is 3.38. The molecule has 1 aliphatic rings. The lowest BCUT2D eigenvalue weighted by Gasteiger charge is -2.16. The monoisotopic (exact) mass is 375 g/mol. The first-order valence-corrected chi connectivity index (χ1v) is 9.22. The van der Waals surface area contributed by atoms with Gasteiger partial charge in [0.25, 0.3) is 0 Å². The predicted molar refractivity (Wildman–Crippen MR) is 103 cm³/mol. The lowest BCUT2D eigenvalue weighted by atomic mass is 10.1. The van der Waals surface area contributed by atoms with E-state index in [1.54, 1.807) is 23.6 Å². The van der Waals surface area contributed by atoms with Crippen LogP contribution in [0.15, 0.2) is 67.4 Å². The van der Waals surface area contributed by atoms with E-state index in [0.717, 1.165) is 16.9 Å². The quantitative estimate of drug-likeness (QED) is 0.714. The first-order chi connectivity index (χ1) is 13.7. The standard InChI is InChI=1S/C21H21N5O2/c27-20-11-17(13-26(20)14-18-6-3-4-8-23-18)21(28)24-12-16-5-1-2-7-19(16)25-10-9-22-15-25/h1-10,15,17H,11-14H2,(H,24,28). The van der Waals surface area contributed by atoms with Crippen LogP contribution in [0, 0.1) is 5.92 Å². The molecule has 7 heteroatoms. The van der Waals surface area contributed by atoms with Gasteiger partial charge in [0.05, 0.1) is 30.2 Å². The minimum Gasteiger partial charge on any atom is -0.352 e. The van der Waals surface area contributed by atoms with E-state index in [1.807, 2.05) is 53.2 Å². The first kappa shape index (κ1) is 17.9. The molecule has 1 N–H and O–H groups in total. The van der Waals surface area contributed by atoms with Crippen molar-refractivity contribution in [3.05, 3.63) is 78.6 Å². The van der Waals surface area contributed by atoms with Crippen molar-refractivity contribution in [3.63, 3.8) is 0 Å². The number of benzene rings is 1. The summed E-state index contributed by atoms with van der Waals surface area (Å²) in [4.78, 5) is 35.0. The van der Waals surface area contributed by atoms with E-state index in [2.05, 4.69) is 15.3 Å². The molecule has 1 unspecified atom stereocenters. The summed E-state index contributed by atoms with van der Waals surface area (Å²) >= 11 is 0. The third-order valence-electron chi connectivity index (χ3n) is 4.89. The molecule has 0 spiro atoms. The van der Waals surface area contributed by atoms with Crippen molar-refractivity contribution in [2.75, 3.05) is 6.54 Å². The number of amides is 2. The molecule has 0 bridgehead atoms. The Bertz CT molecular complexity index is 956. The number of aromatic nitrogens is 3. The average molecular weight is 375 g/mol. The molecule has 4 rings (SSSR count). The molecular formula is C21H21N5O2. The molecule has 1 atom stereocenters. The molecule has 28 heavy (non-hydrogen) atoms. The van der Waals surface area contributed by atoms with Crippen molar-refractivity contribution in [1.29, 1.82) is 0 Å². The summed E-state index contributed by atoms with van der Waals surface area (Å²) in [7, 11) is 0. The summed E-state index contributed by atoms with van der Waals surface area (Å²) in [5.41, 5.74) is 2.79. The summed E-state index contributed by atoms with van der Waals surface area (Å²) in [6.45, 7) is 1.26.